The van der Waals surface area contributed by atoms with E-state index in [9.17, 15) is 4.79 Å². The van der Waals surface area contributed by atoms with Crippen LogP contribution in [0.5, 0.6) is 11.5 Å². The first-order valence-electron chi connectivity index (χ1n) is 11.8. The molecule has 0 aliphatic carbocycles. The summed E-state index contributed by atoms with van der Waals surface area (Å²) in [6.07, 6.45) is 0. The summed E-state index contributed by atoms with van der Waals surface area (Å²) in [7, 11) is 0. The highest BCUT2D eigenvalue weighted by Crippen LogP contribution is 2.32. The highest BCUT2D eigenvalue weighted by Gasteiger charge is 2.22. The monoisotopic (exact) mass is 480 g/mol. The minimum absolute atomic E-state index is 0.158. The second-order valence-corrected chi connectivity index (χ2v) is 8.74. The van der Waals surface area contributed by atoms with Gasteiger partial charge in [0.15, 0.2) is 22.9 Å². The molecular formula is C28H24N4O4. The number of carbonyl (C=O) groups excluding carboxylic acids is 1. The molecule has 0 spiro atoms. The molecule has 0 atom stereocenters. The number of hydrogen-bond donors (Lipinski definition) is 1. The maximum absolute atomic E-state index is 12.8. The third kappa shape index (κ3) is 4.69. The minimum atomic E-state index is -0.158. The van der Waals surface area contributed by atoms with Gasteiger partial charge in [-0.05, 0) is 48.0 Å². The Balaban J connectivity index is 1.04. The Kier molecular flexibility index (Phi) is 5.90. The van der Waals surface area contributed by atoms with Crippen LogP contribution in [0.15, 0.2) is 71.3 Å². The molecule has 0 bridgehead atoms. The second kappa shape index (κ2) is 9.64. The zero-order valence-corrected chi connectivity index (χ0v) is 19.6. The van der Waals surface area contributed by atoms with Gasteiger partial charge in [0.25, 0.3) is 0 Å². The Labute approximate surface area is 208 Å². The first kappa shape index (κ1) is 22.0. The van der Waals surface area contributed by atoms with Gasteiger partial charge >= 0.3 is 6.03 Å². The zero-order chi connectivity index (χ0) is 24.3. The van der Waals surface area contributed by atoms with Gasteiger partial charge in [-0.3, -0.25) is 10.2 Å². The molecular weight excluding hydrogens is 456 g/mol. The van der Waals surface area contributed by atoms with E-state index in [0.717, 1.165) is 47.6 Å². The van der Waals surface area contributed by atoms with Gasteiger partial charge in [0.05, 0.1) is 5.39 Å². The Morgan fingerprint density at radius 3 is 2.58 bits per heavy atom. The van der Waals surface area contributed by atoms with Crippen molar-refractivity contribution in [2.45, 2.75) is 6.54 Å². The Morgan fingerprint density at radius 1 is 0.889 bits per heavy atom. The first-order valence-corrected chi connectivity index (χ1v) is 11.8. The molecule has 3 aromatic carbocycles. The second-order valence-electron chi connectivity index (χ2n) is 8.74. The van der Waals surface area contributed by atoms with Crippen molar-refractivity contribution in [2.75, 3.05) is 38.3 Å². The van der Waals surface area contributed by atoms with Gasteiger partial charge in [-0.15, -0.1) is 0 Å². The quantitative estimate of drug-likeness (QED) is 0.441. The largest absolute Gasteiger partial charge is 0.454 e. The number of piperazine rings is 1. The molecule has 6 rings (SSSR count). The van der Waals surface area contributed by atoms with Crippen molar-refractivity contribution in [3.8, 4) is 23.3 Å². The van der Waals surface area contributed by atoms with Gasteiger partial charge in [-0.25, -0.2) is 4.79 Å². The van der Waals surface area contributed by atoms with Crippen molar-refractivity contribution >= 4 is 22.8 Å². The number of carbonyl (C=O) groups is 1. The number of amides is 2. The minimum Gasteiger partial charge on any atom is -0.454 e. The summed E-state index contributed by atoms with van der Waals surface area (Å²) in [5, 5.41) is 7.67. The van der Waals surface area contributed by atoms with E-state index < -0.39 is 0 Å². The van der Waals surface area contributed by atoms with Crippen LogP contribution in [0.2, 0.25) is 0 Å². The molecule has 1 fully saturated rings. The third-order valence-corrected chi connectivity index (χ3v) is 6.32. The number of hydrogen-bond acceptors (Lipinski definition) is 6. The number of ether oxygens (including phenoxy) is 2. The lowest BCUT2D eigenvalue weighted by atomic mass is 10.1. The summed E-state index contributed by atoms with van der Waals surface area (Å²) in [4.78, 5) is 16.9. The van der Waals surface area contributed by atoms with Crippen LogP contribution in [0.4, 0.5) is 10.6 Å². The van der Waals surface area contributed by atoms with E-state index in [1.807, 2.05) is 59.5 Å². The Bertz CT molecular complexity index is 1480. The lowest BCUT2D eigenvalue weighted by Gasteiger charge is -2.34. The van der Waals surface area contributed by atoms with Crippen LogP contribution in [0, 0.1) is 11.8 Å². The van der Waals surface area contributed by atoms with Crippen molar-refractivity contribution in [3.05, 3.63) is 83.4 Å². The fraction of sp³-hybridized carbons (Fsp3) is 0.214. The predicted molar refractivity (Wildman–Crippen MR) is 135 cm³/mol. The molecule has 2 amide bonds. The van der Waals surface area contributed by atoms with Gasteiger partial charge in [0.2, 0.25) is 6.79 Å². The number of rotatable bonds is 3. The van der Waals surface area contributed by atoms with E-state index in [2.05, 4.69) is 39.3 Å². The molecule has 2 aliphatic heterocycles. The van der Waals surface area contributed by atoms with Gasteiger partial charge in [-0.1, -0.05) is 41.3 Å². The maximum Gasteiger partial charge on any atom is 0.323 e. The van der Waals surface area contributed by atoms with Crippen LogP contribution in [0.25, 0.3) is 11.0 Å². The standard InChI is InChI=1S/C28H24N4O4/c33-28(29-27-23-6-1-2-7-24(23)36-30-27)32-14-12-31(13-15-32)18-22-5-3-4-20(16-22)8-9-21-10-11-25-26(17-21)35-19-34-25/h1-7,10-11,16-17H,12-15,18-19H2,(H,29,30,33). The zero-order valence-electron chi connectivity index (χ0n) is 19.6. The van der Waals surface area contributed by atoms with E-state index in [-0.39, 0.29) is 12.8 Å². The van der Waals surface area contributed by atoms with E-state index >= 15 is 0 Å². The van der Waals surface area contributed by atoms with Crippen molar-refractivity contribution in [1.82, 2.24) is 15.0 Å². The van der Waals surface area contributed by atoms with Crippen LogP contribution in [0.3, 0.4) is 0 Å². The molecule has 1 aromatic heterocycles. The normalized spacial score (nSPS) is 14.9. The number of para-hydroxylation sites is 1. The SMILES string of the molecule is O=C(Nc1noc2ccccc12)N1CCN(Cc2cccc(C#Cc3ccc4c(c3)OCO4)c2)CC1. The summed E-state index contributed by atoms with van der Waals surface area (Å²) in [6, 6.07) is 21.3. The lowest BCUT2D eigenvalue weighted by Crippen LogP contribution is -2.49. The number of nitrogens with one attached hydrogen (secondary N) is 1. The molecule has 3 heterocycles. The van der Waals surface area contributed by atoms with Crippen LogP contribution in [0.1, 0.15) is 16.7 Å². The molecule has 1 N–H and O–H groups in total. The maximum atomic E-state index is 12.8. The molecule has 0 saturated carbocycles. The summed E-state index contributed by atoms with van der Waals surface area (Å²) in [5.41, 5.74) is 3.69. The number of benzene rings is 3. The fourth-order valence-corrected chi connectivity index (χ4v) is 4.39. The van der Waals surface area contributed by atoms with E-state index in [1.165, 1.54) is 5.56 Å². The highest BCUT2D eigenvalue weighted by atomic mass is 16.7. The van der Waals surface area contributed by atoms with E-state index in [4.69, 9.17) is 14.0 Å². The predicted octanol–water partition coefficient (Wildman–Crippen LogP) is 4.31. The fourth-order valence-electron chi connectivity index (χ4n) is 4.39. The number of aromatic nitrogens is 1. The van der Waals surface area contributed by atoms with Gasteiger partial charge < -0.3 is 18.9 Å². The lowest BCUT2D eigenvalue weighted by molar-refractivity contribution is 0.143. The van der Waals surface area contributed by atoms with Crippen LogP contribution in [-0.2, 0) is 6.54 Å². The molecule has 1 saturated heterocycles. The molecule has 8 heteroatoms. The molecule has 0 unspecified atom stereocenters. The molecule has 36 heavy (non-hydrogen) atoms. The number of urea groups is 1. The Hall–Kier alpha value is -4.48. The number of nitrogens with zero attached hydrogens (tertiary/aromatic N) is 3. The molecule has 8 nitrogen and oxygen atoms in total. The van der Waals surface area contributed by atoms with E-state index in [0.29, 0.717) is 24.5 Å². The van der Waals surface area contributed by atoms with Crippen molar-refractivity contribution < 1.29 is 18.8 Å². The molecule has 0 radical (unpaired) electrons. The average Bonchev–Trinajstić information content (AvgIpc) is 3.55. The van der Waals surface area contributed by atoms with Crippen LogP contribution in [-0.4, -0.2) is 54.0 Å². The molecule has 180 valence electrons. The summed E-state index contributed by atoms with van der Waals surface area (Å²) < 4.78 is 16.1. The average molecular weight is 481 g/mol. The van der Waals surface area contributed by atoms with Crippen LogP contribution >= 0.6 is 0 Å². The van der Waals surface area contributed by atoms with Crippen molar-refractivity contribution in [1.29, 1.82) is 0 Å². The number of fused-ring (bicyclic) bond motifs is 2. The van der Waals surface area contributed by atoms with Gasteiger partial charge in [0.1, 0.15) is 0 Å². The molecule has 4 aromatic rings. The first-order chi connectivity index (χ1) is 17.7. The van der Waals surface area contributed by atoms with Gasteiger partial charge in [-0.2, -0.15) is 0 Å². The molecule has 2 aliphatic rings. The highest BCUT2D eigenvalue weighted by molar-refractivity contribution is 5.98. The summed E-state index contributed by atoms with van der Waals surface area (Å²) in [5.74, 6) is 8.40. The topological polar surface area (TPSA) is 80.1 Å². The van der Waals surface area contributed by atoms with Gasteiger partial charge in [0, 0.05) is 43.9 Å². The summed E-state index contributed by atoms with van der Waals surface area (Å²) in [6.45, 7) is 3.94. The smallest absolute Gasteiger partial charge is 0.323 e. The Morgan fingerprint density at radius 2 is 1.69 bits per heavy atom. The van der Waals surface area contributed by atoms with E-state index in [1.54, 1.807) is 0 Å². The number of anilines is 1. The summed E-state index contributed by atoms with van der Waals surface area (Å²) >= 11 is 0. The van der Waals surface area contributed by atoms with Crippen molar-refractivity contribution in [3.63, 3.8) is 0 Å². The van der Waals surface area contributed by atoms with Crippen molar-refractivity contribution in [2.24, 2.45) is 0 Å². The van der Waals surface area contributed by atoms with Crippen LogP contribution < -0.4 is 14.8 Å². The third-order valence-electron chi connectivity index (χ3n) is 6.32.